The molecule has 0 aliphatic carbocycles. The van der Waals surface area contributed by atoms with E-state index in [1.165, 1.54) is 0 Å². The van der Waals surface area contributed by atoms with Gasteiger partial charge in [0.25, 0.3) is 0 Å². The van der Waals surface area contributed by atoms with Gasteiger partial charge in [0.15, 0.2) is 11.3 Å². The summed E-state index contributed by atoms with van der Waals surface area (Å²) in [6.07, 6.45) is 11.1. The van der Waals surface area contributed by atoms with Crippen molar-refractivity contribution in [2.24, 2.45) is 20.4 Å². The fraction of sp³-hybridized carbons (Fsp3) is 0.294. The molecule has 0 spiro atoms. The van der Waals surface area contributed by atoms with E-state index in [1.807, 2.05) is 73.4 Å². The van der Waals surface area contributed by atoms with E-state index in [0.29, 0.717) is 17.9 Å². The number of hydrogen-bond donors (Lipinski definition) is 2. The number of rotatable bonds is 7. The summed E-state index contributed by atoms with van der Waals surface area (Å²) >= 11 is 0. The van der Waals surface area contributed by atoms with Crippen LogP contribution in [0.4, 0.5) is 0 Å². The molecule has 2 N–H and O–H groups in total. The van der Waals surface area contributed by atoms with Gasteiger partial charge in [-0.3, -0.25) is 0 Å². The Hall–Kier alpha value is -2.80. The van der Waals surface area contributed by atoms with E-state index in [1.54, 1.807) is 6.92 Å². The first kappa shape index (κ1) is 19.2. The molecule has 1 aromatic heterocycles. The Labute approximate surface area is 142 Å². The summed E-state index contributed by atoms with van der Waals surface area (Å²) in [5, 5.41) is 28.3. The van der Waals surface area contributed by atoms with Gasteiger partial charge in [0.1, 0.15) is 0 Å². The van der Waals surface area contributed by atoms with Crippen molar-refractivity contribution < 1.29 is 5.11 Å². The summed E-state index contributed by atoms with van der Waals surface area (Å²) in [6, 6.07) is 5.55. The Bertz CT molecular complexity index is 710. The molecule has 0 fully saturated rings. The topological polar surface area (TPSA) is 86.6 Å². The smallest absolute Gasteiger partial charge is 0.170 e. The molecule has 0 radical (unpaired) electrons. The molecule has 7 heteroatoms. The van der Waals surface area contributed by atoms with Crippen LogP contribution in [0.25, 0.3) is 0 Å². The summed E-state index contributed by atoms with van der Waals surface area (Å²) in [5.41, 5.74) is 1.37. The number of aliphatic hydroxyl groups is 1. The molecule has 0 bridgehead atoms. The monoisotopic (exact) mass is 328 g/mol. The first-order valence-corrected chi connectivity index (χ1v) is 7.64. The van der Waals surface area contributed by atoms with Crippen molar-refractivity contribution in [3.63, 3.8) is 0 Å². The molecule has 1 heterocycles. The van der Waals surface area contributed by atoms with Gasteiger partial charge < -0.3 is 15.0 Å². The van der Waals surface area contributed by atoms with E-state index in [-0.39, 0.29) is 6.61 Å². The van der Waals surface area contributed by atoms with Crippen LogP contribution >= 0.6 is 0 Å². The average molecular weight is 328 g/mol. The molecule has 7 nitrogen and oxygen atoms in total. The zero-order chi connectivity index (χ0) is 17.6. The first-order chi connectivity index (χ1) is 11.7. The number of azo groups is 1. The first-order valence-electron chi connectivity index (χ1n) is 7.64. The van der Waals surface area contributed by atoms with Crippen molar-refractivity contribution in [3.05, 3.63) is 66.1 Å². The second kappa shape index (κ2) is 11.7. The molecule has 1 aromatic rings. The van der Waals surface area contributed by atoms with E-state index >= 15 is 0 Å². The van der Waals surface area contributed by atoms with Crippen LogP contribution < -0.4 is 10.8 Å². The Morgan fingerprint density at radius 1 is 1.29 bits per heavy atom. The summed E-state index contributed by atoms with van der Waals surface area (Å²) in [4.78, 5) is 0. The van der Waals surface area contributed by atoms with Crippen molar-refractivity contribution in [1.82, 2.24) is 9.88 Å². The normalized spacial score (nSPS) is 14.4. The van der Waals surface area contributed by atoms with Gasteiger partial charge in [-0.15, -0.1) is 20.4 Å². The SMILES string of the molecule is C/C=C(\C=C/C=C\NC)/N=N/C(C)=N/N=c1\ccccn1CCO. The third kappa shape index (κ3) is 7.46. The molecule has 0 amide bonds. The number of aromatic nitrogens is 1. The molecule has 0 aromatic carbocycles. The Balaban J connectivity index is 2.84. The number of nitrogens with one attached hydrogen (secondary N) is 1. The number of amidine groups is 1. The van der Waals surface area contributed by atoms with Gasteiger partial charge >= 0.3 is 0 Å². The number of aliphatic hydroxyl groups excluding tert-OH is 1. The van der Waals surface area contributed by atoms with Gasteiger partial charge in [0, 0.05) is 19.8 Å². The van der Waals surface area contributed by atoms with Crippen LogP contribution in [0.1, 0.15) is 13.8 Å². The third-order valence-corrected chi connectivity index (χ3v) is 2.80. The zero-order valence-electron chi connectivity index (χ0n) is 14.3. The molecule has 0 unspecified atom stereocenters. The Morgan fingerprint density at radius 3 is 2.83 bits per heavy atom. The highest BCUT2D eigenvalue weighted by atomic mass is 16.3. The predicted molar refractivity (Wildman–Crippen MR) is 96.1 cm³/mol. The van der Waals surface area contributed by atoms with E-state index < -0.39 is 0 Å². The van der Waals surface area contributed by atoms with E-state index in [2.05, 4.69) is 25.7 Å². The largest absolute Gasteiger partial charge is 0.395 e. The minimum Gasteiger partial charge on any atom is -0.395 e. The van der Waals surface area contributed by atoms with E-state index in [0.717, 1.165) is 5.70 Å². The van der Waals surface area contributed by atoms with Gasteiger partial charge in [-0.2, -0.15) is 0 Å². The average Bonchev–Trinajstić information content (AvgIpc) is 2.60. The van der Waals surface area contributed by atoms with Gasteiger partial charge in [-0.25, -0.2) is 0 Å². The van der Waals surface area contributed by atoms with Crippen molar-refractivity contribution in [1.29, 1.82) is 0 Å². The van der Waals surface area contributed by atoms with Gasteiger partial charge in [-0.05, 0) is 44.3 Å². The van der Waals surface area contributed by atoms with E-state index in [9.17, 15) is 0 Å². The highest BCUT2D eigenvalue weighted by Crippen LogP contribution is 2.01. The molecule has 128 valence electrons. The van der Waals surface area contributed by atoms with Crippen LogP contribution in [-0.2, 0) is 6.54 Å². The van der Waals surface area contributed by atoms with Crippen molar-refractivity contribution in [2.45, 2.75) is 20.4 Å². The van der Waals surface area contributed by atoms with Gasteiger partial charge in [0.2, 0.25) is 0 Å². The number of nitrogens with zero attached hydrogens (tertiary/aromatic N) is 5. The van der Waals surface area contributed by atoms with Crippen molar-refractivity contribution in [3.8, 4) is 0 Å². The Morgan fingerprint density at radius 2 is 2.12 bits per heavy atom. The summed E-state index contributed by atoms with van der Waals surface area (Å²) in [7, 11) is 1.83. The lowest BCUT2D eigenvalue weighted by molar-refractivity contribution is 0.273. The number of hydrogen-bond acceptors (Lipinski definition) is 5. The molecule has 1 rings (SSSR count). The second-order valence-corrected chi connectivity index (χ2v) is 4.64. The number of allylic oxidation sites excluding steroid dienone is 4. The van der Waals surface area contributed by atoms with Crippen LogP contribution in [0.5, 0.6) is 0 Å². The van der Waals surface area contributed by atoms with Crippen LogP contribution in [0.3, 0.4) is 0 Å². The van der Waals surface area contributed by atoms with Crippen LogP contribution in [0, 0.1) is 0 Å². The lowest BCUT2D eigenvalue weighted by atomic mass is 10.3. The lowest BCUT2D eigenvalue weighted by Gasteiger charge is -2.02. The van der Waals surface area contributed by atoms with Crippen molar-refractivity contribution >= 4 is 5.84 Å². The maximum atomic E-state index is 9.05. The zero-order valence-corrected chi connectivity index (χ0v) is 14.3. The van der Waals surface area contributed by atoms with Crippen LogP contribution in [0.2, 0.25) is 0 Å². The number of pyridine rings is 1. The quantitative estimate of drug-likeness (QED) is 0.265. The molecule has 0 saturated heterocycles. The van der Waals surface area contributed by atoms with Crippen molar-refractivity contribution in [2.75, 3.05) is 13.7 Å². The molecule has 0 saturated carbocycles. The molecule has 0 atom stereocenters. The van der Waals surface area contributed by atoms with Gasteiger partial charge in [0.05, 0.1) is 12.3 Å². The molecular weight excluding hydrogens is 304 g/mol. The minimum absolute atomic E-state index is 0.0403. The summed E-state index contributed by atoms with van der Waals surface area (Å²) in [5.74, 6) is 0.438. The summed E-state index contributed by atoms with van der Waals surface area (Å²) < 4.78 is 1.81. The maximum Gasteiger partial charge on any atom is 0.170 e. The molecule has 0 aliphatic rings. The maximum absolute atomic E-state index is 9.05. The molecule has 0 aliphatic heterocycles. The molecular formula is C17H24N6O. The standard InChI is InChI=1S/C17H24N6O/c1-4-16(9-5-7-11-18-3)21-19-15(2)20-22-17-10-6-8-12-23(17)13-14-24/h4-12,18,24H,13-14H2,1-3H3/b9-5-,11-7-,16-4+,20-15+,21-19+,22-17+. The highest BCUT2D eigenvalue weighted by Gasteiger charge is 1.92. The summed E-state index contributed by atoms with van der Waals surface area (Å²) in [6.45, 7) is 4.12. The predicted octanol–water partition coefficient (Wildman–Crippen LogP) is 2.36. The lowest BCUT2D eigenvalue weighted by Crippen LogP contribution is -2.20. The minimum atomic E-state index is 0.0403. The fourth-order valence-electron chi connectivity index (χ4n) is 1.62. The Kier molecular flexibility index (Phi) is 9.40. The van der Waals surface area contributed by atoms with Gasteiger partial charge in [-0.1, -0.05) is 18.2 Å². The highest BCUT2D eigenvalue weighted by molar-refractivity contribution is 5.79. The second-order valence-electron chi connectivity index (χ2n) is 4.64. The third-order valence-electron chi connectivity index (χ3n) is 2.80. The molecule has 24 heavy (non-hydrogen) atoms. The fourth-order valence-corrected chi connectivity index (χ4v) is 1.62. The van der Waals surface area contributed by atoms with Crippen LogP contribution in [0.15, 0.2) is 81.0 Å². The van der Waals surface area contributed by atoms with Crippen LogP contribution in [-0.4, -0.2) is 29.2 Å². The van der Waals surface area contributed by atoms with E-state index in [4.69, 9.17) is 5.11 Å².